The summed E-state index contributed by atoms with van der Waals surface area (Å²) in [7, 11) is 3.35. The van der Waals surface area contributed by atoms with E-state index < -0.39 is 0 Å². The van der Waals surface area contributed by atoms with Crippen molar-refractivity contribution < 1.29 is 14.2 Å². The van der Waals surface area contributed by atoms with E-state index in [9.17, 15) is 0 Å². The van der Waals surface area contributed by atoms with Crippen LogP contribution in [0, 0.1) is 6.92 Å². The Morgan fingerprint density at radius 1 is 1.12 bits per heavy atom. The highest BCUT2D eigenvalue weighted by Gasteiger charge is 2.14. The lowest BCUT2D eigenvalue weighted by Gasteiger charge is -2.17. The topological polar surface area (TPSA) is 39.7 Å². The monoisotopic (exact) mass is 393 g/mol. The van der Waals surface area contributed by atoms with Gasteiger partial charge in [-0.25, -0.2) is 0 Å². The molecule has 2 rings (SSSR count). The van der Waals surface area contributed by atoms with E-state index in [2.05, 4.69) is 46.4 Å². The van der Waals surface area contributed by atoms with E-state index in [1.54, 1.807) is 14.2 Å². The van der Waals surface area contributed by atoms with Gasteiger partial charge >= 0.3 is 0 Å². The minimum absolute atomic E-state index is 0.500. The molecule has 0 atom stereocenters. The molecule has 0 saturated heterocycles. The molecule has 0 radical (unpaired) electrons. The SMILES string of the molecule is COCCNCc1c(Br)ccc(OC)c1OCc1cccc(C)c1. The fourth-order valence-electron chi connectivity index (χ4n) is 2.41. The number of methoxy groups -OCH3 is 2. The lowest BCUT2D eigenvalue weighted by molar-refractivity contribution is 0.199. The zero-order valence-corrected chi connectivity index (χ0v) is 16.0. The molecule has 0 fully saturated rings. The van der Waals surface area contributed by atoms with E-state index in [0.29, 0.717) is 19.8 Å². The van der Waals surface area contributed by atoms with Crippen molar-refractivity contribution in [1.82, 2.24) is 5.32 Å². The number of hydrogen-bond donors (Lipinski definition) is 1. The number of nitrogens with one attached hydrogen (secondary N) is 1. The molecule has 0 heterocycles. The van der Waals surface area contributed by atoms with Gasteiger partial charge in [0, 0.05) is 30.2 Å². The third-order valence-corrected chi connectivity index (χ3v) is 4.38. The van der Waals surface area contributed by atoms with Gasteiger partial charge in [0.25, 0.3) is 0 Å². The van der Waals surface area contributed by atoms with E-state index in [1.807, 2.05) is 18.2 Å². The smallest absolute Gasteiger partial charge is 0.167 e. The van der Waals surface area contributed by atoms with Crippen LogP contribution in [0.5, 0.6) is 11.5 Å². The molecule has 24 heavy (non-hydrogen) atoms. The summed E-state index contributed by atoms with van der Waals surface area (Å²) in [6, 6.07) is 12.2. The second-order valence-electron chi connectivity index (χ2n) is 5.50. The molecule has 2 aromatic rings. The normalized spacial score (nSPS) is 10.7. The molecule has 4 nitrogen and oxygen atoms in total. The Kier molecular flexibility index (Phi) is 7.56. The van der Waals surface area contributed by atoms with Gasteiger partial charge in [-0.05, 0) is 24.6 Å². The lowest BCUT2D eigenvalue weighted by atomic mass is 10.1. The Labute approximate surface area is 152 Å². The van der Waals surface area contributed by atoms with Crippen LogP contribution in [0.2, 0.25) is 0 Å². The van der Waals surface area contributed by atoms with Crippen LogP contribution in [0.25, 0.3) is 0 Å². The van der Waals surface area contributed by atoms with Gasteiger partial charge < -0.3 is 19.5 Å². The Morgan fingerprint density at radius 2 is 1.96 bits per heavy atom. The fourth-order valence-corrected chi connectivity index (χ4v) is 2.86. The van der Waals surface area contributed by atoms with Gasteiger partial charge in [-0.2, -0.15) is 0 Å². The van der Waals surface area contributed by atoms with Crippen LogP contribution in [0.3, 0.4) is 0 Å². The molecule has 130 valence electrons. The van der Waals surface area contributed by atoms with Crippen molar-refractivity contribution in [2.45, 2.75) is 20.1 Å². The Morgan fingerprint density at radius 3 is 2.67 bits per heavy atom. The van der Waals surface area contributed by atoms with Crippen molar-refractivity contribution in [2.75, 3.05) is 27.4 Å². The molecule has 0 spiro atoms. The average Bonchev–Trinajstić information content (AvgIpc) is 2.58. The lowest BCUT2D eigenvalue weighted by Crippen LogP contribution is -2.19. The number of halogens is 1. The third-order valence-electron chi connectivity index (χ3n) is 3.64. The molecular formula is C19H24BrNO3. The molecule has 0 unspecified atom stereocenters. The molecule has 0 bridgehead atoms. The summed E-state index contributed by atoms with van der Waals surface area (Å²) in [4.78, 5) is 0. The van der Waals surface area contributed by atoms with Gasteiger partial charge in [-0.1, -0.05) is 45.8 Å². The van der Waals surface area contributed by atoms with Crippen molar-refractivity contribution in [1.29, 1.82) is 0 Å². The highest BCUT2D eigenvalue weighted by atomic mass is 79.9. The van der Waals surface area contributed by atoms with Crippen LogP contribution in [-0.2, 0) is 17.9 Å². The standard InChI is InChI=1S/C19H24BrNO3/c1-14-5-4-6-15(11-14)13-24-19-16(12-21-9-10-22-2)17(20)7-8-18(19)23-3/h4-8,11,21H,9-10,12-13H2,1-3H3. The molecule has 5 heteroatoms. The molecule has 0 aliphatic heterocycles. The first-order chi connectivity index (χ1) is 11.7. The first kappa shape index (κ1) is 18.8. The third kappa shape index (κ3) is 5.23. The van der Waals surface area contributed by atoms with Crippen LogP contribution in [0.1, 0.15) is 16.7 Å². The van der Waals surface area contributed by atoms with Crippen molar-refractivity contribution in [2.24, 2.45) is 0 Å². The van der Waals surface area contributed by atoms with Crippen LogP contribution in [0.15, 0.2) is 40.9 Å². The van der Waals surface area contributed by atoms with Crippen molar-refractivity contribution in [3.8, 4) is 11.5 Å². The number of rotatable bonds is 9. The first-order valence-electron chi connectivity index (χ1n) is 7.89. The molecule has 0 amide bonds. The predicted molar refractivity (Wildman–Crippen MR) is 99.8 cm³/mol. The van der Waals surface area contributed by atoms with E-state index in [1.165, 1.54) is 5.56 Å². The Bertz CT molecular complexity index is 661. The number of hydrogen-bond acceptors (Lipinski definition) is 4. The van der Waals surface area contributed by atoms with Crippen LogP contribution < -0.4 is 14.8 Å². The maximum Gasteiger partial charge on any atom is 0.167 e. The van der Waals surface area contributed by atoms with Crippen LogP contribution in [-0.4, -0.2) is 27.4 Å². The zero-order chi connectivity index (χ0) is 17.4. The molecular weight excluding hydrogens is 370 g/mol. The second kappa shape index (κ2) is 9.67. The fraction of sp³-hybridized carbons (Fsp3) is 0.368. The molecule has 0 saturated carbocycles. The van der Waals surface area contributed by atoms with Gasteiger partial charge in [0.05, 0.1) is 13.7 Å². The van der Waals surface area contributed by atoms with E-state index in [0.717, 1.165) is 33.6 Å². The molecule has 1 N–H and O–H groups in total. The van der Waals surface area contributed by atoms with Gasteiger partial charge in [-0.15, -0.1) is 0 Å². The highest BCUT2D eigenvalue weighted by Crippen LogP contribution is 2.36. The molecule has 0 aliphatic rings. The molecule has 2 aromatic carbocycles. The summed E-state index contributed by atoms with van der Waals surface area (Å²) in [5.41, 5.74) is 3.40. The van der Waals surface area contributed by atoms with Gasteiger partial charge in [-0.3, -0.25) is 0 Å². The van der Waals surface area contributed by atoms with Crippen molar-refractivity contribution in [3.63, 3.8) is 0 Å². The average molecular weight is 394 g/mol. The van der Waals surface area contributed by atoms with Gasteiger partial charge in [0.2, 0.25) is 0 Å². The quantitative estimate of drug-likeness (QED) is 0.651. The largest absolute Gasteiger partial charge is 0.493 e. The summed E-state index contributed by atoms with van der Waals surface area (Å²) in [6.07, 6.45) is 0. The van der Waals surface area contributed by atoms with Gasteiger partial charge in [0.1, 0.15) is 6.61 Å². The van der Waals surface area contributed by atoms with E-state index in [-0.39, 0.29) is 0 Å². The highest BCUT2D eigenvalue weighted by molar-refractivity contribution is 9.10. The molecule has 0 aromatic heterocycles. The number of aryl methyl sites for hydroxylation is 1. The van der Waals surface area contributed by atoms with Crippen molar-refractivity contribution in [3.05, 3.63) is 57.6 Å². The Balaban J connectivity index is 2.17. The summed E-state index contributed by atoms with van der Waals surface area (Å²) in [5, 5.41) is 3.35. The maximum atomic E-state index is 6.11. The number of ether oxygens (including phenoxy) is 3. The Hall–Kier alpha value is -1.56. The molecule has 0 aliphatic carbocycles. The van der Waals surface area contributed by atoms with E-state index >= 15 is 0 Å². The van der Waals surface area contributed by atoms with Crippen LogP contribution in [0.4, 0.5) is 0 Å². The summed E-state index contributed by atoms with van der Waals surface area (Å²) >= 11 is 3.61. The van der Waals surface area contributed by atoms with Gasteiger partial charge in [0.15, 0.2) is 11.5 Å². The summed E-state index contributed by atoms with van der Waals surface area (Å²) < 4.78 is 17.7. The number of benzene rings is 2. The van der Waals surface area contributed by atoms with Crippen LogP contribution >= 0.6 is 15.9 Å². The first-order valence-corrected chi connectivity index (χ1v) is 8.68. The van der Waals surface area contributed by atoms with Crippen molar-refractivity contribution >= 4 is 15.9 Å². The zero-order valence-electron chi connectivity index (χ0n) is 14.4. The maximum absolute atomic E-state index is 6.11. The second-order valence-corrected chi connectivity index (χ2v) is 6.36. The summed E-state index contributed by atoms with van der Waals surface area (Å²) in [6.45, 7) is 4.69. The minimum atomic E-state index is 0.500. The van der Waals surface area contributed by atoms with E-state index in [4.69, 9.17) is 14.2 Å². The summed E-state index contributed by atoms with van der Waals surface area (Å²) in [5.74, 6) is 1.49. The predicted octanol–water partition coefficient (Wildman–Crippen LogP) is 4.08. The minimum Gasteiger partial charge on any atom is -0.493 e.